The van der Waals surface area contributed by atoms with Crippen molar-refractivity contribution in [1.82, 2.24) is 5.32 Å². The highest BCUT2D eigenvalue weighted by Crippen LogP contribution is 2.35. The van der Waals surface area contributed by atoms with E-state index in [0.29, 0.717) is 5.75 Å². The van der Waals surface area contributed by atoms with Crippen molar-refractivity contribution in [1.29, 1.82) is 0 Å². The lowest BCUT2D eigenvalue weighted by Crippen LogP contribution is -2.44. The third-order valence-electron chi connectivity index (χ3n) is 4.18. The molecular weight excluding hydrogens is 386 g/mol. The van der Waals surface area contributed by atoms with Gasteiger partial charge < -0.3 is 15.2 Å². The Balaban J connectivity index is 1.68. The summed E-state index contributed by atoms with van der Waals surface area (Å²) in [4.78, 5) is 23.8. The van der Waals surface area contributed by atoms with E-state index < -0.39 is 18.1 Å². The molecule has 0 aromatic heterocycles. The second-order valence-electron chi connectivity index (χ2n) is 6.27. The highest BCUT2D eigenvalue weighted by Gasteiger charge is 2.24. The molecule has 0 radical (unpaired) electrons. The summed E-state index contributed by atoms with van der Waals surface area (Å²) in [5.41, 5.74) is 2.14. The van der Waals surface area contributed by atoms with Gasteiger partial charge in [0.2, 0.25) is 0 Å². The van der Waals surface area contributed by atoms with E-state index in [2.05, 4.69) is 5.32 Å². The predicted octanol–water partition coefficient (Wildman–Crippen LogP) is 4.75. The monoisotopic (exact) mass is 407 g/mol. The van der Waals surface area contributed by atoms with Gasteiger partial charge in [-0.2, -0.15) is 0 Å². The largest absolute Gasteiger partial charge is 0.480 e. The van der Waals surface area contributed by atoms with Crippen molar-refractivity contribution in [3.8, 4) is 5.75 Å². The fraction of sp³-hybridized carbons (Fsp3) is 0.130. The zero-order valence-electron chi connectivity index (χ0n) is 15.6. The van der Waals surface area contributed by atoms with Crippen LogP contribution >= 0.6 is 11.8 Å². The summed E-state index contributed by atoms with van der Waals surface area (Å²) in [6.07, 6.45) is -0.792. The first kappa shape index (κ1) is 20.5. The Hall–Kier alpha value is -3.25. The Morgan fingerprint density at radius 2 is 1.31 bits per heavy atom. The number of hydrogen-bond acceptors (Lipinski definition) is 4. The van der Waals surface area contributed by atoms with Gasteiger partial charge in [-0.05, 0) is 23.3 Å². The zero-order chi connectivity index (χ0) is 20.5. The van der Waals surface area contributed by atoms with Gasteiger partial charge in [0.15, 0.2) is 0 Å². The van der Waals surface area contributed by atoms with Gasteiger partial charge in [-0.1, -0.05) is 78.9 Å². The van der Waals surface area contributed by atoms with Gasteiger partial charge in [-0.3, -0.25) is 0 Å². The van der Waals surface area contributed by atoms with E-state index in [1.807, 2.05) is 60.7 Å². The summed E-state index contributed by atoms with van der Waals surface area (Å²) in [5.74, 6) is -0.566. The Morgan fingerprint density at radius 1 is 0.828 bits per heavy atom. The molecule has 0 aliphatic rings. The van der Waals surface area contributed by atoms with E-state index in [9.17, 15) is 14.7 Å². The van der Waals surface area contributed by atoms with Gasteiger partial charge in [0.05, 0.1) is 5.25 Å². The van der Waals surface area contributed by atoms with Crippen molar-refractivity contribution < 1.29 is 19.4 Å². The Kier molecular flexibility index (Phi) is 7.30. The number of carboxylic acid groups (broad SMARTS) is 1. The van der Waals surface area contributed by atoms with Crippen molar-refractivity contribution in [2.45, 2.75) is 11.3 Å². The van der Waals surface area contributed by atoms with Crippen molar-refractivity contribution >= 4 is 23.8 Å². The minimum atomic E-state index is -1.11. The molecule has 1 atom stereocenters. The van der Waals surface area contributed by atoms with Crippen LogP contribution in [0.25, 0.3) is 0 Å². The van der Waals surface area contributed by atoms with Crippen LogP contribution in [0.5, 0.6) is 5.75 Å². The van der Waals surface area contributed by atoms with Gasteiger partial charge >= 0.3 is 12.1 Å². The number of carboxylic acids is 1. The number of benzene rings is 3. The van der Waals surface area contributed by atoms with Crippen LogP contribution in [0.3, 0.4) is 0 Å². The quantitative estimate of drug-likeness (QED) is 0.564. The molecule has 3 aromatic rings. The van der Waals surface area contributed by atoms with Crippen LogP contribution < -0.4 is 10.1 Å². The van der Waals surface area contributed by atoms with Crippen molar-refractivity contribution in [2.24, 2.45) is 0 Å². The van der Waals surface area contributed by atoms with Gasteiger partial charge in [-0.25, -0.2) is 9.59 Å². The van der Waals surface area contributed by atoms with Crippen molar-refractivity contribution in [3.05, 3.63) is 102 Å². The van der Waals surface area contributed by atoms with Crippen LogP contribution in [0.2, 0.25) is 0 Å². The number of nitrogens with one attached hydrogen (secondary N) is 1. The maximum absolute atomic E-state index is 12.1. The Morgan fingerprint density at radius 3 is 1.79 bits per heavy atom. The lowest BCUT2D eigenvalue weighted by molar-refractivity contribution is -0.138. The van der Waals surface area contributed by atoms with E-state index in [1.165, 1.54) is 11.8 Å². The second kappa shape index (κ2) is 10.3. The molecule has 3 aromatic carbocycles. The third-order valence-corrected chi connectivity index (χ3v) is 5.58. The van der Waals surface area contributed by atoms with Crippen LogP contribution in [0.1, 0.15) is 16.4 Å². The summed E-state index contributed by atoms with van der Waals surface area (Å²) in [5, 5.41) is 12.0. The SMILES string of the molecule is O=C(NC(CSC(c1ccccc1)c1ccccc1)C(=O)O)Oc1ccccc1. The number of carbonyl (C=O) groups is 2. The molecule has 0 aliphatic carbocycles. The highest BCUT2D eigenvalue weighted by atomic mass is 32.2. The van der Waals surface area contributed by atoms with Crippen LogP contribution in [0, 0.1) is 0 Å². The molecule has 1 amide bonds. The molecule has 5 nitrogen and oxygen atoms in total. The Labute approximate surface area is 173 Å². The number of para-hydroxylation sites is 1. The molecule has 0 saturated heterocycles. The van der Waals surface area contributed by atoms with Gasteiger partial charge in [0, 0.05) is 5.75 Å². The number of rotatable bonds is 8. The number of thioether (sulfide) groups is 1. The van der Waals surface area contributed by atoms with Crippen molar-refractivity contribution in [2.75, 3.05) is 5.75 Å². The number of carbonyl (C=O) groups excluding carboxylic acids is 1. The maximum atomic E-state index is 12.1. The van der Waals surface area contributed by atoms with Crippen LogP contribution in [-0.2, 0) is 4.79 Å². The molecule has 0 heterocycles. The van der Waals surface area contributed by atoms with Crippen LogP contribution in [0.4, 0.5) is 4.79 Å². The fourth-order valence-electron chi connectivity index (χ4n) is 2.78. The van der Waals surface area contributed by atoms with E-state index >= 15 is 0 Å². The molecule has 0 fully saturated rings. The minimum Gasteiger partial charge on any atom is -0.480 e. The van der Waals surface area contributed by atoms with Gasteiger partial charge in [0.25, 0.3) is 0 Å². The molecule has 6 heteroatoms. The molecule has 3 rings (SSSR count). The first-order valence-electron chi connectivity index (χ1n) is 9.11. The van der Waals surface area contributed by atoms with E-state index in [-0.39, 0.29) is 11.0 Å². The average Bonchev–Trinajstić information content (AvgIpc) is 2.75. The average molecular weight is 407 g/mol. The molecule has 1 unspecified atom stereocenters. The fourth-order valence-corrected chi connectivity index (χ4v) is 4.08. The molecule has 0 spiro atoms. The second-order valence-corrected chi connectivity index (χ2v) is 7.41. The van der Waals surface area contributed by atoms with Gasteiger partial charge in [0.1, 0.15) is 11.8 Å². The van der Waals surface area contributed by atoms with E-state index in [0.717, 1.165) is 11.1 Å². The normalized spacial score (nSPS) is 11.6. The summed E-state index contributed by atoms with van der Waals surface area (Å²) in [6, 6.07) is 27.2. The summed E-state index contributed by atoms with van der Waals surface area (Å²) in [6.45, 7) is 0. The number of hydrogen-bond donors (Lipinski definition) is 2. The van der Waals surface area contributed by atoms with E-state index in [1.54, 1.807) is 30.3 Å². The lowest BCUT2D eigenvalue weighted by Gasteiger charge is -2.20. The first-order valence-corrected chi connectivity index (χ1v) is 10.2. The summed E-state index contributed by atoms with van der Waals surface area (Å²) < 4.78 is 5.15. The van der Waals surface area contributed by atoms with E-state index in [4.69, 9.17) is 4.74 Å². The Bertz CT molecular complexity index is 880. The summed E-state index contributed by atoms with van der Waals surface area (Å²) >= 11 is 1.46. The standard InChI is InChI=1S/C23H21NO4S/c25-22(26)20(24-23(27)28-19-14-8-3-9-15-19)16-29-21(17-10-4-1-5-11-17)18-12-6-2-7-13-18/h1-15,20-21H,16H2,(H,24,27)(H,25,26). The lowest BCUT2D eigenvalue weighted by atomic mass is 10.0. The number of aliphatic carboxylic acids is 1. The molecule has 0 bridgehead atoms. The third kappa shape index (κ3) is 6.12. The maximum Gasteiger partial charge on any atom is 0.413 e. The molecule has 0 saturated carbocycles. The highest BCUT2D eigenvalue weighted by molar-refractivity contribution is 7.99. The van der Waals surface area contributed by atoms with Crippen molar-refractivity contribution in [3.63, 3.8) is 0 Å². The smallest absolute Gasteiger partial charge is 0.413 e. The molecule has 29 heavy (non-hydrogen) atoms. The predicted molar refractivity (Wildman–Crippen MR) is 114 cm³/mol. The zero-order valence-corrected chi connectivity index (χ0v) is 16.4. The minimum absolute atomic E-state index is 0.0498. The topological polar surface area (TPSA) is 75.6 Å². The van der Waals surface area contributed by atoms with Crippen LogP contribution in [0.15, 0.2) is 91.0 Å². The first-order chi connectivity index (χ1) is 14.1. The molecule has 148 valence electrons. The molecular formula is C23H21NO4S. The number of amides is 1. The van der Waals surface area contributed by atoms with Crippen LogP contribution in [-0.4, -0.2) is 29.0 Å². The molecule has 2 N–H and O–H groups in total. The van der Waals surface area contributed by atoms with Gasteiger partial charge in [-0.15, -0.1) is 11.8 Å². The molecule has 0 aliphatic heterocycles. The number of ether oxygens (including phenoxy) is 1. The summed E-state index contributed by atoms with van der Waals surface area (Å²) in [7, 11) is 0.